The van der Waals surface area contributed by atoms with Gasteiger partial charge in [-0.3, -0.25) is 0 Å². The highest BCUT2D eigenvalue weighted by atomic mass is 19.3. The number of carbonyl (C=O) groups is 1. The summed E-state index contributed by atoms with van der Waals surface area (Å²) >= 11 is 0. The summed E-state index contributed by atoms with van der Waals surface area (Å²) in [6, 6.07) is 4.09. The van der Waals surface area contributed by atoms with Crippen LogP contribution in [0.25, 0.3) is 0 Å². The molecule has 2 N–H and O–H groups in total. The van der Waals surface area contributed by atoms with E-state index < -0.39 is 18.3 Å². The van der Waals surface area contributed by atoms with E-state index in [0.29, 0.717) is 5.56 Å². The number of carbonyl (C=O) groups excluding carboxylic acids is 1. The zero-order chi connectivity index (χ0) is 14.4. The SMILES string of the molecule is CCOC(=O)c1cc(CN)c(C#N)cc1OC(F)F. The summed E-state index contributed by atoms with van der Waals surface area (Å²) in [6.45, 7) is -1.45. The number of nitriles is 1. The fraction of sp³-hybridized carbons (Fsp3) is 0.333. The lowest BCUT2D eigenvalue weighted by Crippen LogP contribution is -2.13. The summed E-state index contributed by atoms with van der Waals surface area (Å²) in [6.07, 6.45) is 0. The third kappa shape index (κ3) is 3.63. The Labute approximate surface area is 108 Å². The maximum Gasteiger partial charge on any atom is 0.387 e. The monoisotopic (exact) mass is 270 g/mol. The van der Waals surface area contributed by atoms with Crippen molar-refractivity contribution in [1.82, 2.24) is 0 Å². The summed E-state index contributed by atoms with van der Waals surface area (Å²) in [5.41, 5.74) is 5.68. The van der Waals surface area contributed by atoms with Crippen molar-refractivity contribution in [3.63, 3.8) is 0 Å². The number of esters is 1. The molecular weight excluding hydrogens is 258 g/mol. The van der Waals surface area contributed by atoms with Crippen LogP contribution in [0.4, 0.5) is 8.78 Å². The minimum absolute atomic E-state index is 0.00967. The van der Waals surface area contributed by atoms with Crippen LogP contribution in [0.5, 0.6) is 5.75 Å². The minimum atomic E-state index is -3.11. The van der Waals surface area contributed by atoms with Crippen molar-refractivity contribution in [2.75, 3.05) is 6.61 Å². The van der Waals surface area contributed by atoms with Crippen molar-refractivity contribution in [3.8, 4) is 11.8 Å². The maximum atomic E-state index is 12.3. The molecule has 7 heteroatoms. The third-order valence-electron chi connectivity index (χ3n) is 2.26. The van der Waals surface area contributed by atoms with E-state index in [1.54, 1.807) is 13.0 Å². The molecule has 0 amide bonds. The molecule has 0 spiro atoms. The second-order valence-corrected chi connectivity index (χ2v) is 3.42. The second-order valence-electron chi connectivity index (χ2n) is 3.42. The van der Waals surface area contributed by atoms with Crippen LogP contribution >= 0.6 is 0 Å². The number of nitrogens with two attached hydrogens (primary N) is 1. The third-order valence-corrected chi connectivity index (χ3v) is 2.26. The van der Waals surface area contributed by atoms with Crippen LogP contribution in [-0.2, 0) is 11.3 Å². The number of hydrogen-bond donors (Lipinski definition) is 1. The number of rotatable bonds is 5. The van der Waals surface area contributed by atoms with E-state index in [0.717, 1.165) is 6.07 Å². The smallest absolute Gasteiger partial charge is 0.387 e. The van der Waals surface area contributed by atoms with Gasteiger partial charge in [-0.15, -0.1) is 0 Å². The van der Waals surface area contributed by atoms with E-state index in [-0.39, 0.29) is 24.3 Å². The number of ether oxygens (including phenoxy) is 2. The molecule has 0 unspecified atom stereocenters. The van der Waals surface area contributed by atoms with E-state index in [4.69, 9.17) is 15.7 Å². The predicted octanol–water partition coefficient (Wildman–Crippen LogP) is 1.80. The van der Waals surface area contributed by atoms with Crippen molar-refractivity contribution in [2.24, 2.45) is 5.73 Å². The number of alkyl halides is 2. The van der Waals surface area contributed by atoms with Gasteiger partial charge in [-0.1, -0.05) is 0 Å². The van der Waals surface area contributed by atoms with Crippen LogP contribution in [0.2, 0.25) is 0 Å². The van der Waals surface area contributed by atoms with Crippen LogP contribution in [0.3, 0.4) is 0 Å². The van der Waals surface area contributed by atoms with Gasteiger partial charge in [0.1, 0.15) is 11.3 Å². The van der Waals surface area contributed by atoms with E-state index in [1.165, 1.54) is 6.07 Å². The highest BCUT2D eigenvalue weighted by molar-refractivity contribution is 5.93. The van der Waals surface area contributed by atoms with Crippen LogP contribution in [0.1, 0.15) is 28.4 Å². The van der Waals surface area contributed by atoms with Crippen LogP contribution < -0.4 is 10.5 Å². The summed E-state index contributed by atoms with van der Waals surface area (Å²) in [5.74, 6) is -1.21. The Hall–Kier alpha value is -2.20. The Morgan fingerprint density at radius 2 is 2.21 bits per heavy atom. The molecule has 0 saturated carbocycles. The molecule has 0 aliphatic heterocycles. The lowest BCUT2D eigenvalue weighted by Gasteiger charge is -2.12. The molecule has 0 aromatic heterocycles. The van der Waals surface area contributed by atoms with E-state index in [1.807, 2.05) is 0 Å². The molecule has 0 radical (unpaired) electrons. The van der Waals surface area contributed by atoms with Crippen molar-refractivity contribution >= 4 is 5.97 Å². The molecule has 1 aromatic rings. The zero-order valence-corrected chi connectivity index (χ0v) is 10.2. The highest BCUT2D eigenvalue weighted by Crippen LogP contribution is 2.26. The first kappa shape index (κ1) is 14.9. The molecule has 5 nitrogen and oxygen atoms in total. The van der Waals surface area contributed by atoms with Crippen LogP contribution in [0.15, 0.2) is 12.1 Å². The Morgan fingerprint density at radius 1 is 1.53 bits per heavy atom. The molecule has 0 atom stereocenters. The van der Waals surface area contributed by atoms with Gasteiger partial charge >= 0.3 is 12.6 Å². The first-order chi connectivity index (χ1) is 9.03. The molecule has 0 bridgehead atoms. The van der Waals surface area contributed by atoms with Gasteiger partial charge in [-0.25, -0.2) is 4.79 Å². The molecule has 102 valence electrons. The number of halogens is 2. The summed E-state index contributed by atoms with van der Waals surface area (Å²) in [7, 11) is 0. The molecule has 0 heterocycles. The van der Waals surface area contributed by atoms with Crippen LogP contribution in [0, 0.1) is 11.3 Å². The Bertz CT molecular complexity index is 512. The molecule has 0 fully saturated rings. The molecule has 0 aliphatic carbocycles. The van der Waals surface area contributed by atoms with Gasteiger partial charge in [0.05, 0.1) is 18.2 Å². The van der Waals surface area contributed by atoms with Crippen molar-refractivity contribution in [1.29, 1.82) is 5.26 Å². The van der Waals surface area contributed by atoms with E-state index >= 15 is 0 Å². The van der Waals surface area contributed by atoms with Crippen LogP contribution in [-0.4, -0.2) is 19.2 Å². The molecular formula is C12H12F2N2O3. The minimum Gasteiger partial charge on any atom is -0.462 e. The second kappa shape index (κ2) is 6.66. The van der Waals surface area contributed by atoms with Gasteiger partial charge in [-0.2, -0.15) is 14.0 Å². The van der Waals surface area contributed by atoms with Gasteiger partial charge in [0.15, 0.2) is 0 Å². The quantitative estimate of drug-likeness (QED) is 0.824. The zero-order valence-electron chi connectivity index (χ0n) is 10.2. The Morgan fingerprint density at radius 3 is 2.68 bits per heavy atom. The first-order valence-electron chi connectivity index (χ1n) is 5.42. The number of hydrogen-bond acceptors (Lipinski definition) is 5. The van der Waals surface area contributed by atoms with Gasteiger partial charge in [-0.05, 0) is 24.6 Å². The predicted molar refractivity (Wildman–Crippen MR) is 61.6 cm³/mol. The number of benzene rings is 1. The molecule has 1 rings (SSSR count). The molecule has 0 aliphatic rings. The fourth-order valence-corrected chi connectivity index (χ4v) is 1.46. The maximum absolute atomic E-state index is 12.3. The van der Waals surface area contributed by atoms with Gasteiger partial charge < -0.3 is 15.2 Å². The largest absolute Gasteiger partial charge is 0.462 e. The van der Waals surface area contributed by atoms with E-state index in [9.17, 15) is 13.6 Å². The van der Waals surface area contributed by atoms with Crippen molar-refractivity contribution in [2.45, 2.75) is 20.1 Å². The number of nitrogens with zero attached hydrogens (tertiary/aromatic N) is 1. The summed E-state index contributed by atoms with van der Waals surface area (Å²) < 4.78 is 33.5. The van der Waals surface area contributed by atoms with Gasteiger partial charge in [0, 0.05) is 6.54 Å². The summed E-state index contributed by atoms with van der Waals surface area (Å²) in [4.78, 5) is 11.6. The average molecular weight is 270 g/mol. The highest BCUT2D eigenvalue weighted by Gasteiger charge is 2.20. The normalized spacial score (nSPS) is 10.1. The van der Waals surface area contributed by atoms with Crippen molar-refractivity contribution < 1.29 is 23.0 Å². The first-order valence-corrected chi connectivity index (χ1v) is 5.42. The Kier molecular flexibility index (Phi) is 5.21. The standard InChI is InChI=1S/C12H12F2N2O3/c1-2-18-11(17)9-3-7(5-15)8(6-16)4-10(9)19-12(13)14/h3-4,12H,2,5,15H2,1H3. The lowest BCUT2D eigenvalue weighted by molar-refractivity contribution is -0.0504. The average Bonchev–Trinajstić information content (AvgIpc) is 2.37. The van der Waals surface area contributed by atoms with Gasteiger partial charge in [0.2, 0.25) is 0 Å². The molecule has 1 aromatic carbocycles. The topological polar surface area (TPSA) is 85.3 Å². The Balaban J connectivity index is 3.32. The van der Waals surface area contributed by atoms with Crippen molar-refractivity contribution in [3.05, 3.63) is 28.8 Å². The van der Waals surface area contributed by atoms with E-state index in [2.05, 4.69) is 4.74 Å². The molecule has 19 heavy (non-hydrogen) atoms. The van der Waals surface area contributed by atoms with Gasteiger partial charge in [0.25, 0.3) is 0 Å². The summed E-state index contributed by atoms with van der Waals surface area (Å²) in [5, 5.41) is 8.88. The molecule has 0 saturated heterocycles. The fourth-order valence-electron chi connectivity index (χ4n) is 1.46. The lowest BCUT2D eigenvalue weighted by atomic mass is 10.0.